The summed E-state index contributed by atoms with van der Waals surface area (Å²) in [5.74, 6) is 1.34. The summed E-state index contributed by atoms with van der Waals surface area (Å²) in [6, 6.07) is 4.14. The number of hydrogen-bond donors (Lipinski definition) is 0. The molecule has 0 amide bonds. The topological polar surface area (TPSA) is 43.4 Å². The molecule has 20 heavy (non-hydrogen) atoms. The molecule has 0 bridgehead atoms. The highest BCUT2D eigenvalue weighted by molar-refractivity contribution is 7.86. The van der Waals surface area contributed by atoms with Gasteiger partial charge in [0.2, 0.25) is 0 Å². The van der Waals surface area contributed by atoms with Crippen LogP contribution in [-0.4, -0.2) is 14.7 Å². The highest BCUT2D eigenvalue weighted by Gasteiger charge is 2.21. The third-order valence-electron chi connectivity index (χ3n) is 3.31. The number of rotatable bonds is 5. The fraction of sp³-hybridized carbons (Fsp3) is 0.625. The fourth-order valence-corrected chi connectivity index (χ4v) is 2.63. The van der Waals surface area contributed by atoms with E-state index >= 15 is 0 Å². The van der Waals surface area contributed by atoms with Crippen LogP contribution >= 0.6 is 0 Å². The summed E-state index contributed by atoms with van der Waals surface area (Å²) in [6.45, 7) is 12.5. The van der Waals surface area contributed by atoms with Crippen molar-refractivity contribution in [2.75, 3.05) is 6.26 Å². The third kappa shape index (κ3) is 4.23. The highest BCUT2D eigenvalue weighted by atomic mass is 32.2. The van der Waals surface area contributed by atoms with Gasteiger partial charge in [-0.1, -0.05) is 53.7 Å². The molecule has 0 aliphatic heterocycles. The molecule has 0 fully saturated rings. The van der Waals surface area contributed by atoms with Crippen molar-refractivity contribution in [2.45, 2.75) is 59.3 Å². The van der Waals surface area contributed by atoms with Gasteiger partial charge in [0.05, 0.1) is 6.26 Å². The van der Waals surface area contributed by atoms with Crippen molar-refractivity contribution in [3.63, 3.8) is 0 Å². The smallest absolute Gasteiger partial charge is 0.306 e. The van der Waals surface area contributed by atoms with E-state index in [4.69, 9.17) is 4.18 Å². The van der Waals surface area contributed by atoms with Gasteiger partial charge in [0.25, 0.3) is 0 Å². The number of hydrogen-bond acceptors (Lipinski definition) is 3. The van der Waals surface area contributed by atoms with Gasteiger partial charge in [0.1, 0.15) is 5.75 Å². The van der Waals surface area contributed by atoms with Gasteiger partial charge in [0.15, 0.2) is 0 Å². The van der Waals surface area contributed by atoms with Crippen molar-refractivity contribution in [2.24, 2.45) is 0 Å². The van der Waals surface area contributed by atoms with Gasteiger partial charge < -0.3 is 4.18 Å². The van der Waals surface area contributed by atoms with Crippen LogP contribution in [0.1, 0.15) is 76.0 Å². The van der Waals surface area contributed by atoms with Gasteiger partial charge in [-0.25, -0.2) is 0 Å². The van der Waals surface area contributed by atoms with E-state index in [2.05, 4.69) is 53.7 Å². The average Bonchev–Trinajstić information content (AvgIpc) is 2.25. The summed E-state index contributed by atoms with van der Waals surface area (Å²) in [6.07, 6.45) is 1.09. The minimum atomic E-state index is -3.52. The van der Waals surface area contributed by atoms with E-state index in [0.29, 0.717) is 11.7 Å². The number of benzene rings is 1. The van der Waals surface area contributed by atoms with Crippen LogP contribution in [0.15, 0.2) is 12.1 Å². The van der Waals surface area contributed by atoms with Gasteiger partial charge in [-0.3, -0.25) is 0 Å². The molecule has 0 heterocycles. The molecule has 0 saturated carbocycles. The van der Waals surface area contributed by atoms with Crippen LogP contribution in [0.2, 0.25) is 0 Å². The monoisotopic (exact) mass is 298 g/mol. The molecule has 1 rings (SSSR count). The zero-order valence-electron chi connectivity index (χ0n) is 13.5. The quantitative estimate of drug-likeness (QED) is 0.757. The molecular formula is C16H26O3S. The predicted octanol–water partition coefficient (Wildman–Crippen LogP) is 4.40. The van der Waals surface area contributed by atoms with Gasteiger partial charge in [-0.05, 0) is 34.4 Å². The minimum absolute atomic E-state index is 0.211. The molecule has 0 radical (unpaired) electrons. The van der Waals surface area contributed by atoms with Crippen LogP contribution in [-0.2, 0) is 10.1 Å². The van der Waals surface area contributed by atoms with E-state index in [9.17, 15) is 8.42 Å². The summed E-state index contributed by atoms with van der Waals surface area (Å²) in [4.78, 5) is 0. The van der Waals surface area contributed by atoms with Crippen molar-refractivity contribution >= 4 is 10.1 Å². The van der Waals surface area contributed by atoms with Crippen molar-refractivity contribution in [1.29, 1.82) is 0 Å². The Morgan fingerprint density at radius 1 is 0.850 bits per heavy atom. The van der Waals surface area contributed by atoms with Crippen molar-refractivity contribution in [3.8, 4) is 5.75 Å². The molecule has 1 aromatic carbocycles. The molecule has 0 atom stereocenters. The first kappa shape index (κ1) is 17.0. The largest absolute Gasteiger partial charge is 0.382 e. The summed E-state index contributed by atoms with van der Waals surface area (Å²) in [5.41, 5.74) is 3.15. The Bertz CT molecular complexity index is 540. The molecule has 0 aromatic heterocycles. The molecule has 0 aliphatic carbocycles. The van der Waals surface area contributed by atoms with E-state index in [1.54, 1.807) is 0 Å². The lowest BCUT2D eigenvalue weighted by Gasteiger charge is -2.21. The highest BCUT2D eigenvalue weighted by Crippen LogP contribution is 2.38. The second-order valence-corrected chi connectivity index (χ2v) is 7.85. The molecule has 4 heteroatoms. The molecule has 0 unspecified atom stereocenters. The predicted molar refractivity (Wildman–Crippen MR) is 84.2 cm³/mol. The normalized spacial score (nSPS) is 12.5. The van der Waals surface area contributed by atoms with E-state index in [-0.39, 0.29) is 11.8 Å². The van der Waals surface area contributed by atoms with E-state index in [1.807, 2.05) is 0 Å². The first-order chi connectivity index (χ1) is 9.03. The minimum Gasteiger partial charge on any atom is -0.382 e. The SMILES string of the molecule is CC(C)c1cc(C(C)C)c(OS(C)(=O)=O)c(C(C)C)c1. The average molecular weight is 298 g/mol. The second-order valence-electron chi connectivity index (χ2n) is 6.28. The summed E-state index contributed by atoms with van der Waals surface area (Å²) >= 11 is 0. The Kier molecular flexibility index (Phi) is 5.25. The van der Waals surface area contributed by atoms with Gasteiger partial charge in [-0.2, -0.15) is 8.42 Å². The molecule has 0 aliphatic rings. The maximum Gasteiger partial charge on any atom is 0.306 e. The van der Waals surface area contributed by atoms with E-state index in [0.717, 1.165) is 17.4 Å². The molecule has 3 nitrogen and oxygen atoms in total. The van der Waals surface area contributed by atoms with Crippen LogP contribution in [0.3, 0.4) is 0 Å². The summed E-state index contributed by atoms with van der Waals surface area (Å²) in [7, 11) is -3.52. The lowest BCUT2D eigenvalue weighted by molar-refractivity contribution is 0.482. The van der Waals surface area contributed by atoms with E-state index < -0.39 is 10.1 Å². The van der Waals surface area contributed by atoms with Gasteiger partial charge in [-0.15, -0.1) is 0 Å². The summed E-state index contributed by atoms with van der Waals surface area (Å²) < 4.78 is 28.4. The van der Waals surface area contributed by atoms with E-state index in [1.165, 1.54) is 5.56 Å². The van der Waals surface area contributed by atoms with Gasteiger partial charge >= 0.3 is 10.1 Å². The molecule has 0 saturated heterocycles. The van der Waals surface area contributed by atoms with Crippen LogP contribution in [0.5, 0.6) is 5.75 Å². The maximum atomic E-state index is 11.5. The van der Waals surface area contributed by atoms with Crippen LogP contribution in [0.4, 0.5) is 0 Å². The molecule has 0 N–H and O–H groups in total. The molecule has 1 aromatic rings. The maximum absolute atomic E-state index is 11.5. The summed E-state index contributed by atoms with van der Waals surface area (Å²) in [5, 5.41) is 0. The third-order valence-corrected chi connectivity index (χ3v) is 3.78. The van der Waals surface area contributed by atoms with Crippen LogP contribution in [0.25, 0.3) is 0 Å². The Labute approximate surface area is 123 Å². The lowest BCUT2D eigenvalue weighted by Crippen LogP contribution is -2.12. The zero-order chi connectivity index (χ0) is 15.7. The standard InChI is InChI=1S/C16H26O3S/c1-10(2)13-8-14(11(3)4)16(19-20(7,17)18)15(9-13)12(5)6/h8-12H,1-7H3. The Hall–Kier alpha value is -1.03. The Morgan fingerprint density at radius 2 is 1.25 bits per heavy atom. The molecular weight excluding hydrogens is 272 g/mol. The lowest BCUT2D eigenvalue weighted by atomic mass is 9.88. The first-order valence-corrected chi connectivity index (χ1v) is 8.91. The molecule has 114 valence electrons. The van der Waals surface area contributed by atoms with Crippen LogP contribution in [0, 0.1) is 0 Å². The van der Waals surface area contributed by atoms with Crippen LogP contribution < -0.4 is 4.18 Å². The van der Waals surface area contributed by atoms with Crippen molar-refractivity contribution < 1.29 is 12.6 Å². The van der Waals surface area contributed by atoms with Crippen molar-refractivity contribution in [3.05, 3.63) is 28.8 Å². The Morgan fingerprint density at radius 3 is 1.50 bits per heavy atom. The van der Waals surface area contributed by atoms with Crippen molar-refractivity contribution in [1.82, 2.24) is 0 Å². The second kappa shape index (κ2) is 6.17. The first-order valence-electron chi connectivity index (χ1n) is 7.10. The van der Waals surface area contributed by atoms with Gasteiger partial charge in [0, 0.05) is 0 Å². The Balaban J connectivity index is 3.59. The fourth-order valence-electron chi connectivity index (χ4n) is 2.14. The molecule has 0 spiro atoms. The zero-order valence-corrected chi connectivity index (χ0v) is 14.3.